The van der Waals surface area contributed by atoms with Crippen LogP contribution in [-0.4, -0.2) is 48.9 Å². The molecule has 3 aromatic carbocycles. The Hall–Kier alpha value is -3.50. The molecule has 0 N–H and O–H groups in total. The lowest BCUT2D eigenvalue weighted by atomic mass is 10.0. The SMILES string of the molecule is Cc1nc(-c2ccc(C(F)(F)F)cc2)nc(N2CCN(S(=O)(=O)c3ccc4ccccc4c3)CC2)c1C(C)C. The Morgan fingerprint density at radius 2 is 1.49 bits per heavy atom. The van der Waals surface area contributed by atoms with Gasteiger partial charge in [0.15, 0.2) is 5.82 Å². The molecule has 10 heteroatoms. The number of benzene rings is 3. The molecule has 0 bridgehead atoms. The molecule has 0 atom stereocenters. The number of hydrogen-bond acceptors (Lipinski definition) is 5. The highest BCUT2D eigenvalue weighted by Gasteiger charge is 2.32. The Labute approximate surface area is 226 Å². The van der Waals surface area contributed by atoms with Crippen molar-refractivity contribution in [3.05, 3.63) is 83.6 Å². The van der Waals surface area contributed by atoms with Gasteiger partial charge in [0, 0.05) is 43.0 Å². The van der Waals surface area contributed by atoms with E-state index in [0.717, 1.165) is 34.2 Å². The molecule has 1 fully saturated rings. The quantitative estimate of drug-likeness (QED) is 0.291. The van der Waals surface area contributed by atoms with Crippen molar-refractivity contribution in [2.45, 2.75) is 37.8 Å². The second-order valence-corrected chi connectivity index (χ2v) is 11.9. The average molecular weight is 555 g/mol. The maximum Gasteiger partial charge on any atom is 0.416 e. The molecule has 0 saturated carbocycles. The second kappa shape index (κ2) is 10.2. The van der Waals surface area contributed by atoms with E-state index in [1.807, 2.05) is 56.0 Å². The predicted molar refractivity (Wildman–Crippen MR) is 146 cm³/mol. The maximum atomic E-state index is 13.4. The molecule has 0 spiro atoms. The van der Waals surface area contributed by atoms with E-state index in [-0.39, 0.29) is 23.9 Å². The van der Waals surface area contributed by atoms with Crippen molar-refractivity contribution in [2.75, 3.05) is 31.1 Å². The minimum atomic E-state index is -4.42. The minimum absolute atomic E-state index is 0.0982. The molecule has 1 aliphatic rings. The zero-order chi connectivity index (χ0) is 27.9. The van der Waals surface area contributed by atoms with E-state index in [9.17, 15) is 21.6 Å². The van der Waals surface area contributed by atoms with Crippen LogP contribution < -0.4 is 4.90 Å². The summed E-state index contributed by atoms with van der Waals surface area (Å²) in [4.78, 5) is 11.7. The van der Waals surface area contributed by atoms with E-state index in [2.05, 4.69) is 4.98 Å². The van der Waals surface area contributed by atoms with Gasteiger partial charge >= 0.3 is 6.18 Å². The molecule has 39 heavy (non-hydrogen) atoms. The minimum Gasteiger partial charge on any atom is -0.354 e. The molecule has 1 aromatic heterocycles. The molecular weight excluding hydrogens is 525 g/mol. The van der Waals surface area contributed by atoms with Crippen molar-refractivity contribution in [3.63, 3.8) is 0 Å². The van der Waals surface area contributed by atoms with Crippen LogP contribution in [0.15, 0.2) is 71.6 Å². The molecule has 0 aliphatic carbocycles. The van der Waals surface area contributed by atoms with E-state index in [4.69, 9.17) is 4.98 Å². The third-order valence-electron chi connectivity index (χ3n) is 7.06. The largest absolute Gasteiger partial charge is 0.416 e. The number of aryl methyl sites for hydroxylation is 1. The Morgan fingerprint density at radius 1 is 0.846 bits per heavy atom. The fourth-order valence-corrected chi connectivity index (χ4v) is 6.50. The molecule has 204 valence electrons. The van der Waals surface area contributed by atoms with Crippen molar-refractivity contribution in [3.8, 4) is 11.4 Å². The van der Waals surface area contributed by atoms with Crippen molar-refractivity contribution in [1.29, 1.82) is 0 Å². The molecule has 4 aromatic rings. The first-order valence-corrected chi connectivity index (χ1v) is 14.2. The van der Waals surface area contributed by atoms with Crippen molar-refractivity contribution in [1.82, 2.24) is 14.3 Å². The maximum absolute atomic E-state index is 13.4. The van der Waals surface area contributed by atoms with Crippen LogP contribution in [0.4, 0.5) is 19.0 Å². The third kappa shape index (κ3) is 5.35. The van der Waals surface area contributed by atoms with Crippen molar-refractivity contribution >= 4 is 26.6 Å². The van der Waals surface area contributed by atoms with Crippen LogP contribution in [-0.2, 0) is 16.2 Å². The number of halogens is 3. The smallest absolute Gasteiger partial charge is 0.354 e. The van der Waals surface area contributed by atoms with Gasteiger partial charge in [-0.15, -0.1) is 0 Å². The van der Waals surface area contributed by atoms with Gasteiger partial charge in [-0.1, -0.05) is 56.3 Å². The van der Waals surface area contributed by atoms with Crippen LogP contribution >= 0.6 is 0 Å². The van der Waals surface area contributed by atoms with Crippen LogP contribution in [0.3, 0.4) is 0 Å². The lowest BCUT2D eigenvalue weighted by Gasteiger charge is -2.36. The van der Waals surface area contributed by atoms with Gasteiger partial charge in [0.25, 0.3) is 0 Å². The first-order chi connectivity index (χ1) is 18.4. The first kappa shape index (κ1) is 27.1. The number of alkyl halides is 3. The number of hydrogen-bond donors (Lipinski definition) is 0. The van der Waals surface area contributed by atoms with E-state index in [1.54, 1.807) is 12.1 Å². The van der Waals surface area contributed by atoms with Crippen LogP contribution in [0, 0.1) is 6.92 Å². The topological polar surface area (TPSA) is 66.4 Å². The number of rotatable bonds is 5. The highest BCUT2D eigenvalue weighted by molar-refractivity contribution is 7.89. The van der Waals surface area contributed by atoms with Gasteiger partial charge in [-0.3, -0.25) is 0 Å². The van der Waals surface area contributed by atoms with Crippen LogP contribution in [0.1, 0.15) is 36.6 Å². The number of aromatic nitrogens is 2. The van der Waals surface area contributed by atoms with Gasteiger partial charge in [-0.2, -0.15) is 17.5 Å². The highest BCUT2D eigenvalue weighted by atomic mass is 32.2. The monoisotopic (exact) mass is 554 g/mol. The van der Waals surface area contributed by atoms with E-state index < -0.39 is 21.8 Å². The fraction of sp³-hybridized carbons (Fsp3) is 0.310. The Bertz CT molecular complexity index is 1610. The summed E-state index contributed by atoms with van der Waals surface area (Å²) in [5, 5.41) is 1.84. The number of fused-ring (bicyclic) bond motifs is 1. The fourth-order valence-electron chi connectivity index (χ4n) is 5.04. The summed E-state index contributed by atoms with van der Waals surface area (Å²) in [5.74, 6) is 1.13. The number of anilines is 1. The van der Waals surface area contributed by atoms with Crippen LogP contribution in [0.5, 0.6) is 0 Å². The van der Waals surface area contributed by atoms with Gasteiger partial charge in [0.1, 0.15) is 5.82 Å². The first-order valence-electron chi connectivity index (χ1n) is 12.8. The van der Waals surface area contributed by atoms with Gasteiger partial charge < -0.3 is 4.90 Å². The van der Waals surface area contributed by atoms with Gasteiger partial charge in [0.05, 0.1) is 10.5 Å². The lowest BCUT2D eigenvalue weighted by Crippen LogP contribution is -2.49. The molecule has 0 unspecified atom stereocenters. The summed E-state index contributed by atoms with van der Waals surface area (Å²) in [6.45, 7) is 7.36. The molecule has 0 amide bonds. The Kier molecular flexibility index (Phi) is 7.11. The van der Waals surface area contributed by atoms with Crippen LogP contribution in [0.25, 0.3) is 22.2 Å². The van der Waals surface area contributed by atoms with E-state index in [0.29, 0.717) is 30.3 Å². The Morgan fingerprint density at radius 3 is 2.10 bits per heavy atom. The van der Waals surface area contributed by atoms with Gasteiger partial charge in [0.2, 0.25) is 10.0 Å². The number of sulfonamides is 1. The normalized spacial score (nSPS) is 15.3. The van der Waals surface area contributed by atoms with E-state index in [1.165, 1.54) is 16.4 Å². The molecule has 2 heterocycles. The second-order valence-electron chi connectivity index (χ2n) is 10.00. The van der Waals surface area contributed by atoms with E-state index >= 15 is 0 Å². The standard InChI is InChI=1S/C29H29F3N4O2S/c1-19(2)26-20(3)33-27(22-8-11-24(12-9-22)29(30,31)32)34-28(26)35-14-16-36(17-15-35)39(37,38)25-13-10-21-6-4-5-7-23(21)18-25/h4-13,18-19H,14-17H2,1-3H3. The molecule has 0 radical (unpaired) electrons. The molecular formula is C29H29F3N4O2S. The zero-order valence-corrected chi connectivity index (χ0v) is 22.7. The van der Waals surface area contributed by atoms with Crippen LogP contribution in [0.2, 0.25) is 0 Å². The summed E-state index contributed by atoms with van der Waals surface area (Å²) in [6, 6.07) is 17.6. The zero-order valence-electron chi connectivity index (χ0n) is 21.9. The summed E-state index contributed by atoms with van der Waals surface area (Å²) in [5.41, 5.74) is 1.44. The van der Waals surface area contributed by atoms with Crippen molar-refractivity contribution in [2.24, 2.45) is 0 Å². The summed E-state index contributed by atoms with van der Waals surface area (Å²) < 4.78 is 67.5. The third-order valence-corrected chi connectivity index (χ3v) is 8.96. The van der Waals surface area contributed by atoms with Crippen molar-refractivity contribution < 1.29 is 21.6 Å². The molecule has 1 aliphatic heterocycles. The highest BCUT2D eigenvalue weighted by Crippen LogP contribution is 2.34. The lowest BCUT2D eigenvalue weighted by molar-refractivity contribution is -0.137. The summed E-state index contributed by atoms with van der Waals surface area (Å²) in [6.07, 6.45) is -4.42. The summed E-state index contributed by atoms with van der Waals surface area (Å²) in [7, 11) is -3.68. The predicted octanol–water partition coefficient (Wildman–Crippen LogP) is 6.26. The molecule has 6 nitrogen and oxygen atoms in total. The number of nitrogens with zero attached hydrogens (tertiary/aromatic N) is 4. The summed E-state index contributed by atoms with van der Waals surface area (Å²) >= 11 is 0. The van der Waals surface area contributed by atoms with Gasteiger partial charge in [-0.25, -0.2) is 18.4 Å². The average Bonchev–Trinajstić information content (AvgIpc) is 2.91. The molecule has 5 rings (SSSR count). The Balaban J connectivity index is 1.41. The number of piperazine rings is 1. The van der Waals surface area contributed by atoms with Gasteiger partial charge in [-0.05, 0) is 47.9 Å². The molecule has 1 saturated heterocycles.